The first-order valence-electron chi connectivity index (χ1n) is 3.89. The van der Waals surface area contributed by atoms with Gasteiger partial charge in [-0.05, 0) is 12.2 Å². The van der Waals surface area contributed by atoms with E-state index in [9.17, 15) is 13.2 Å². The summed E-state index contributed by atoms with van der Waals surface area (Å²) in [5.74, 6) is 0.633. The third kappa shape index (κ3) is 11.8. The van der Waals surface area contributed by atoms with Crippen LogP contribution in [0.15, 0.2) is 0 Å². The van der Waals surface area contributed by atoms with Crippen LogP contribution in [0.2, 0.25) is 0 Å². The van der Waals surface area contributed by atoms with Crippen molar-refractivity contribution in [3.63, 3.8) is 0 Å². The predicted molar refractivity (Wildman–Crippen MR) is 53.9 cm³/mol. The Morgan fingerprint density at radius 2 is 2.00 bits per heavy atom. The van der Waals surface area contributed by atoms with Crippen molar-refractivity contribution in [2.75, 3.05) is 23.5 Å². The molecule has 0 aromatic carbocycles. The number of aliphatic carboxylic acids is 1. The zero-order chi connectivity index (χ0) is 10.3. The number of rotatable bonds is 7. The average molecular weight is 226 g/mol. The number of sulfone groups is 1. The Hall–Kier alpha value is -0.230. The molecule has 0 fully saturated rings. The second-order valence-corrected chi connectivity index (χ2v) is 6.22. The lowest BCUT2D eigenvalue weighted by molar-refractivity contribution is -0.137. The van der Waals surface area contributed by atoms with Gasteiger partial charge in [-0.15, -0.1) is 0 Å². The van der Waals surface area contributed by atoms with E-state index < -0.39 is 15.8 Å². The van der Waals surface area contributed by atoms with Crippen molar-refractivity contribution in [1.82, 2.24) is 0 Å². The van der Waals surface area contributed by atoms with E-state index in [0.29, 0.717) is 17.9 Å². The highest BCUT2D eigenvalue weighted by Crippen LogP contribution is 2.05. The Kier molecular flexibility index (Phi) is 6.15. The normalized spacial score (nSPS) is 11.5. The molecule has 0 aliphatic carbocycles. The molecule has 0 unspecified atom stereocenters. The molecule has 0 aromatic heterocycles. The van der Waals surface area contributed by atoms with Crippen LogP contribution in [0.5, 0.6) is 0 Å². The molecule has 0 aromatic rings. The van der Waals surface area contributed by atoms with Gasteiger partial charge in [0.1, 0.15) is 9.84 Å². The van der Waals surface area contributed by atoms with Gasteiger partial charge in [0.25, 0.3) is 0 Å². The molecule has 0 spiro atoms. The summed E-state index contributed by atoms with van der Waals surface area (Å²) in [5, 5.41) is 8.29. The Bertz CT molecular complexity index is 245. The summed E-state index contributed by atoms with van der Waals surface area (Å²) >= 11 is 1.48. The SMILES string of the molecule is CS(=O)(=O)CCSCCCC(=O)O. The first-order chi connectivity index (χ1) is 5.92. The smallest absolute Gasteiger partial charge is 0.303 e. The van der Waals surface area contributed by atoms with E-state index in [2.05, 4.69) is 0 Å². The Balaban J connectivity index is 3.23. The van der Waals surface area contributed by atoms with Gasteiger partial charge in [0, 0.05) is 18.4 Å². The van der Waals surface area contributed by atoms with Gasteiger partial charge in [-0.1, -0.05) is 0 Å². The van der Waals surface area contributed by atoms with E-state index in [1.807, 2.05) is 0 Å². The molecular weight excluding hydrogens is 212 g/mol. The fraction of sp³-hybridized carbons (Fsp3) is 0.857. The van der Waals surface area contributed by atoms with E-state index in [-0.39, 0.29) is 12.2 Å². The molecule has 1 N–H and O–H groups in total. The lowest BCUT2D eigenvalue weighted by Gasteiger charge is -1.98. The molecule has 0 radical (unpaired) electrons. The first kappa shape index (κ1) is 12.8. The highest BCUT2D eigenvalue weighted by molar-refractivity contribution is 8.00. The maximum atomic E-state index is 10.7. The second kappa shape index (κ2) is 6.26. The molecule has 13 heavy (non-hydrogen) atoms. The summed E-state index contributed by atoms with van der Waals surface area (Å²) < 4.78 is 21.3. The largest absolute Gasteiger partial charge is 0.481 e. The molecular formula is C7H14O4S2. The van der Waals surface area contributed by atoms with Crippen LogP contribution in [0.4, 0.5) is 0 Å². The van der Waals surface area contributed by atoms with E-state index in [1.54, 1.807) is 0 Å². The third-order valence-corrected chi connectivity index (χ3v) is 3.55. The van der Waals surface area contributed by atoms with Crippen molar-refractivity contribution in [1.29, 1.82) is 0 Å². The summed E-state index contributed by atoms with van der Waals surface area (Å²) in [6.07, 6.45) is 1.96. The van der Waals surface area contributed by atoms with Crippen molar-refractivity contribution in [3.05, 3.63) is 0 Å². The Morgan fingerprint density at radius 3 is 2.46 bits per heavy atom. The maximum absolute atomic E-state index is 10.7. The molecule has 0 saturated heterocycles. The fourth-order valence-corrected chi connectivity index (χ4v) is 2.87. The van der Waals surface area contributed by atoms with Gasteiger partial charge >= 0.3 is 5.97 Å². The van der Waals surface area contributed by atoms with Gasteiger partial charge in [-0.25, -0.2) is 8.42 Å². The average Bonchev–Trinajstić information content (AvgIpc) is 1.93. The predicted octanol–water partition coefficient (Wildman–Crippen LogP) is 0.629. The molecule has 0 amide bonds. The number of carboxylic acid groups (broad SMARTS) is 1. The number of thioether (sulfide) groups is 1. The standard InChI is InChI=1S/C7H14O4S2/c1-13(10,11)6-5-12-4-2-3-7(8)9/h2-6H2,1H3,(H,8,9). The molecule has 0 bridgehead atoms. The Morgan fingerprint density at radius 1 is 1.38 bits per heavy atom. The minimum atomic E-state index is -2.86. The van der Waals surface area contributed by atoms with Crippen LogP contribution >= 0.6 is 11.8 Å². The van der Waals surface area contributed by atoms with E-state index in [0.717, 1.165) is 0 Å². The lowest BCUT2D eigenvalue weighted by atomic mass is 10.3. The van der Waals surface area contributed by atoms with Crippen molar-refractivity contribution in [3.8, 4) is 0 Å². The zero-order valence-corrected chi connectivity index (χ0v) is 9.16. The van der Waals surface area contributed by atoms with E-state index >= 15 is 0 Å². The minimum absolute atomic E-state index is 0.159. The van der Waals surface area contributed by atoms with Crippen molar-refractivity contribution >= 4 is 27.6 Å². The molecule has 0 atom stereocenters. The monoisotopic (exact) mass is 226 g/mol. The number of carbonyl (C=O) groups is 1. The van der Waals surface area contributed by atoms with Gasteiger partial charge < -0.3 is 5.11 Å². The van der Waals surface area contributed by atoms with Gasteiger partial charge in [-0.3, -0.25) is 4.79 Å². The third-order valence-electron chi connectivity index (χ3n) is 1.28. The van der Waals surface area contributed by atoms with Crippen molar-refractivity contribution in [2.24, 2.45) is 0 Å². The first-order valence-corrected chi connectivity index (χ1v) is 7.10. The van der Waals surface area contributed by atoms with Gasteiger partial charge in [0.05, 0.1) is 5.75 Å². The van der Waals surface area contributed by atoms with E-state index in [1.165, 1.54) is 18.0 Å². The highest BCUT2D eigenvalue weighted by Gasteiger charge is 2.01. The van der Waals surface area contributed by atoms with Crippen LogP contribution in [0.25, 0.3) is 0 Å². The second-order valence-electron chi connectivity index (χ2n) is 2.74. The maximum Gasteiger partial charge on any atom is 0.303 e. The van der Waals surface area contributed by atoms with Crippen LogP contribution in [0.3, 0.4) is 0 Å². The van der Waals surface area contributed by atoms with Gasteiger partial charge in [-0.2, -0.15) is 11.8 Å². The molecule has 4 nitrogen and oxygen atoms in total. The molecule has 0 aliphatic heterocycles. The van der Waals surface area contributed by atoms with E-state index in [4.69, 9.17) is 5.11 Å². The van der Waals surface area contributed by atoms with Crippen LogP contribution in [0, 0.1) is 0 Å². The highest BCUT2D eigenvalue weighted by atomic mass is 32.2. The molecule has 0 heterocycles. The van der Waals surface area contributed by atoms with Gasteiger partial charge in [0.2, 0.25) is 0 Å². The van der Waals surface area contributed by atoms with Crippen molar-refractivity contribution < 1.29 is 18.3 Å². The molecule has 0 aliphatic rings. The quantitative estimate of drug-likeness (QED) is 0.645. The van der Waals surface area contributed by atoms with Crippen molar-refractivity contribution in [2.45, 2.75) is 12.8 Å². The summed E-state index contributed by atoms with van der Waals surface area (Å²) in [5.41, 5.74) is 0. The molecule has 6 heteroatoms. The minimum Gasteiger partial charge on any atom is -0.481 e. The summed E-state index contributed by atoms with van der Waals surface area (Å²) in [7, 11) is -2.86. The van der Waals surface area contributed by atoms with Crippen LogP contribution in [-0.4, -0.2) is 43.0 Å². The van der Waals surface area contributed by atoms with Crippen LogP contribution in [-0.2, 0) is 14.6 Å². The summed E-state index contributed by atoms with van der Waals surface area (Å²) in [6, 6.07) is 0. The van der Waals surface area contributed by atoms with Crippen LogP contribution < -0.4 is 0 Å². The molecule has 78 valence electrons. The topological polar surface area (TPSA) is 71.4 Å². The Labute approximate surface area is 82.6 Å². The number of hydrogen-bond donors (Lipinski definition) is 1. The number of carboxylic acids is 1. The zero-order valence-electron chi connectivity index (χ0n) is 7.52. The fourth-order valence-electron chi connectivity index (χ4n) is 0.638. The molecule has 0 saturated carbocycles. The summed E-state index contributed by atoms with van der Waals surface area (Å²) in [4.78, 5) is 10.1. The number of hydrogen-bond acceptors (Lipinski definition) is 4. The van der Waals surface area contributed by atoms with Crippen LogP contribution in [0.1, 0.15) is 12.8 Å². The summed E-state index contributed by atoms with van der Waals surface area (Å²) in [6.45, 7) is 0. The molecule has 0 rings (SSSR count). The van der Waals surface area contributed by atoms with Gasteiger partial charge in [0.15, 0.2) is 0 Å². The lowest BCUT2D eigenvalue weighted by Crippen LogP contribution is -2.05.